The number of aromatic nitrogens is 1. The maximum atomic E-state index is 6.09. The lowest BCUT2D eigenvalue weighted by atomic mass is 10.1. The van der Waals surface area contributed by atoms with Crippen LogP contribution in [0.25, 0.3) is 10.9 Å². The number of rotatable bonds is 4. The van der Waals surface area contributed by atoms with Crippen LogP contribution in [-0.4, -0.2) is 18.1 Å². The van der Waals surface area contributed by atoms with E-state index in [2.05, 4.69) is 29.8 Å². The van der Waals surface area contributed by atoms with Crippen molar-refractivity contribution in [3.63, 3.8) is 0 Å². The van der Waals surface area contributed by atoms with Crippen molar-refractivity contribution >= 4 is 22.3 Å². The van der Waals surface area contributed by atoms with E-state index in [0.29, 0.717) is 0 Å². The molecule has 3 nitrogen and oxygen atoms in total. The molecule has 1 aromatic carbocycles. The quantitative estimate of drug-likeness (QED) is 0.876. The number of nitrogens with zero attached hydrogens (tertiary/aromatic N) is 2. The fraction of sp³-hybridized carbons (Fsp3) is 0.357. The molecule has 0 saturated carbocycles. The third-order valence-corrected chi connectivity index (χ3v) is 2.97. The monoisotopic (exact) mass is 229 g/mol. The first kappa shape index (κ1) is 11.7. The van der Waals surface area contributed by atoms with Gasteiger partial charge in [-0.25, -0.2) is 0 Å². The van der Waals surface area contributed by atoms with E-state index in [1.165, 1.54) is 0 Å². The Morgan fingerprint density at radius 2 is 2.00 bits per heavy atom. The van der Waals surface area contributed by atoms with Gasteiger partial charge >= 0.3 is 0 Å². The molecular formula is C14H19N3. The molecule has 0 unspecified atom stereocenters. The summed E-state index contributed by atoms with van der Waals surface area (Å²) in [6, 6.07) is 8.16. The molecule has 2 aromatic rings. The van der Waals surface area contributed by atoms with Crippen LogP contribution in [0.2, 0.25) is 0 Å². The minimum absolute atomic E-state index is 0.763. The predicted molar refractivity (Wildman–Crippen MR) is 74.3 cm³/mol. The fourth-order valence-electron chi connectivity index (χ4n) is 2.19. The molecule has 17 heavy (non-hydrogen) atoms. The summed E-state index contributed by atoms with van der Waals surface area (Å²) in [5.74, 6) is 0. The molecule has 2 rings (SSSR count). The Balaban J connectivity index is 2.60. The topological polar surface area (TPSA) is 42.1 Å². The van der Waals surface area contributed by atoms with E-state index in [9.17, 15) is 0 Å². The van der Waals surface area contributed by atoms with Crippen molar-refractivity contribution in [2.45, 2.75) is 20.3 Å². The van der Waals surface area contributed by atoms with Crippen molar-refractivity contribution in [1.29, 1.82) is 0 Å². The van der Waals surface area contributed by atoms with Crippen LogP contribution in [0.5, 0.6) is 0 Å². The molecule has 2 N–H and O–H groups in total. The van der Waals surface area contributed by atoms with Gasteiger partial charge in [0.2, 0.25) is 0 Å². The maximum absolute atomic E-state index is 6.09. The Kier molecular flexibility index (Phi) is 3.47. The smallest absolute Gasteiger partial charge is 0.0745 e. The number of nitrogens with two attached hydrogens (primary N) is 1. The lowest BCUT2D eigenvalue weighted by Crippen LogP contribution is -2.24. The van der Waals surface area contributed by atoms with Crippen LogP contribution in [-0.2, 0) is 0 Å². The summed E-state index contributed by atoms with van der Waals surface area (Å²) in [6.45, 7) is 6.33. The van der Waals surface area contributed by atoms with Gasteiger partial charge < -0.3 is 10.6 Å². The Morgan fingerprint density at radius 1 is 1.24 bits per heavy atom. The molecule has 90 valence electrons. The molecular weight excluding hydrogens is 210 g/mol. The first-order valence-electron chi connectivity index (χ1n) is 6.16. The molecule has 1 aromatic heterocycles. The fourth-order valence-corrected chi connectivity index (χ4v) is 2.19. The second-order valence-electron chi connectivity index (χ2n) is 4.16. The van der Waals surface area contributed by atoms with Crippen LogP contribution < -0.4 is 10.6 Å². The van der Waals surface area contributed by atoms with Gasteiger partial charge in [-0.1, -0.05) is 25.1 Å². The molecule has 3 heteroatoms. The molecule has 0 bridgehead atoms. The van der Waals surface area contributed by atoms with Crippen LogP contribution in [0.4, 0.5) is 11.4 Å². The standard InChI is InChI=1S/C14H19N3/c1-3-9-17(4-2)14-11-7-5-6-8-13(11)16-10-12(14)15/h5-8,10H,3-4,9,15H2,1-2H3. The van der Waals surface area contributed by atoms with Gasteiger partial charge in [-0.2, -0.15) is 0 Å². The summed E-state index contributed by atoms with van der Waals surface area (Å²) in [7, 11) is 0. The predicted octanol–water partition coefficient (Wildman–Crippen LogP) is 3.05. The summed E-state index contributed by atoms with van der Waals surface area (Å²) in [6.07, 6.45) is 2.87. The van der Waals surface area contributed by atoms with Crippen molar-refractivity contribution in [1.82, 2.24) is 4.98 Å². The molecule has 0 aliphatic heterocycles. The Bertz CT molecular complexity index is 508. The molecule has 0 spiro atoms. The van der Waals surface area contributed by atoms with Gasteiger partial charge in [-0.3, -0.25) is 4.98 Å². The third kappa shape index (κ3) is 2.18. The van der Waals surface area contributed by atoms with E-state index in [4.69, 9.17) is 5.73 Å². The summed E-state index contributed by atoms with van der Waals surface area (Å²) in [5, 5.41) is 1.14. The van der Waals surface area contributed by atoms with Crippen LogP contribution in [0, 0.1) is 0 Å². The number of nitrogen functional groups attached to an aromatic ring is 1. The highest BCUT2D eigenvalue weighted by molar-refractivity contribution is 5.97. The molecule has 0 fully saturated rings. The van der Waals surface area contributed by atoms with Crippen molar-refractivity contribution in [3.05, 3.63) is 30.5 Å². The highest BCUT2D eigenvalue weighted by Crippen LogP contribution is 2.31. The highest BCUT2D eigenvalue weighted by atomic mass is 15.1. The zero-order valence-electron chi connectivity index (χ0n) is 10.5. The van der Waals surface area contributed by atoms with Gasteiger partial charge in [-0.15, -0.1) is 0 Å². The van der Waals surface area contributed by atoms with Gasteiger partial charge in [0.25, 0.3) is 0 Å². The normalized spacial score (nSPS) is 10.7. The number of hydrogen-bond donors (Lipinski definition) is 1. The molecule has 0 amide bonds. The molecule has 0 aliphatic rings. The van der Waals surface area contributed by atoms with Crippen molar-refractivity contribution in [2.75, 3.05) is 23.7 Å². The third-order valence-electron chi connectivity index (χ3n) is 2.97. The number of pyridine rings is 1. The van der Waals surface area contributed by atoms with Gasteiger partial charge in [0.1, 0.15) is 0 Å². The molecule has 0 radical (unpaired) electrons. The van der Waals surface area contributed by atoms with E-state index >= 15 is 0 Å². The number of benzene rings is 1. The minimum atomic E-state index is 0.763. The van der Waals surface area contributed by atoms with Crippen LogP contribution in [0.3, 0.4) is 0 Å². The largest absolute Gasteiger partial charge is 0.396 e. The van der Waals surface area contributed by atoms with Crippen LogP contribution in [0.1, 0.15) is 20.3 Å². The number of anilines is 2. The molecule has 0 aliphatic carbocycles. The molecule has 1 heterocycles. The van der Waals surface area contributed by atoms with E-state index < -0.39 is 0 Å². The first-order valence-corrected chi connectivity index (χ1v) is 6.16. The minimum Gasteiger partial charge on any atom is -0.396 e. The van der Waals surface area contributed by atoms with E-state index in [0.717, 1.165) is 41.8 Å². The van der Waals surface area contributed by atoms with Gasteiger partial charge in [0, 0.05) is 18.5 Å². The summed E-state index contributed by atoms with van der Waals surface area (Å²) in [5.41, 5.74) is 8.98. The van der Waals surface area contributed by atoms with E-state index in [-0.39, 0.29) is 0 Å². The van der Waals surface area contributed by atoms with Crippen LogP contribution in [0.15, 0.2) is 30.5 Å². The second kappa shape index (κ2) is 5.04. The average Bonchev–Trinajstić information content (AvgIpc) is 2.37. The average molecular weight is 229 g/mol. The van der Waals surface area contributed by atoms with Crippen molar-refractivity contribution in [2.24, 2.45) is 0 Å². The van der Waals surface area contributed by atoms with Crippen LogP contribution >= 0.6 is 0 Å². The first-order chi connectivity index (χ1) is 8.27. The zero-order chi connectivity index (χ0) is 12.3. The Hall–Kier alpha value is -1.77. The van der Waals surface area contributed by atoms with Gasteiger partial charge in [0.05, 0.1) is 23.1 Å². The number of fused-ring (bicyclic) bond motifs is 1. The second-order valence-corrected chi connectivity index (χ2v) is 4.16. The zero-order valence-corrected chi connectivity index (χ0v) is 10.5. The SMILES string of the molecule is CCCN(CC)c1c(N)cnc2ccccc12. The van der Waals surface area contributed by atoms with Crippen molar-refractivity contribution in [3.8, 4) is 0 Å². The highest BCUT2D eigenvalue weighted by Gasteiger charge is 2.11. The Labute approximate surface area is 102 Å². The van der Waals surface area contributed by atoms with E-state index in [1.54, 1.807) is 6.20 Å². The summed E-state index contributed by atoms with van der Waals surface area (Å²) in [4.78, 5) is 6.69. The molecule has 0 atom stereocenters. The summed E-state index contributed by atoms with van der Waals surface area (Å²) < 4.78 is 0. The lowest BCUT2D eigenvalue weighted by molar-refractivity contribution is 0.795. The van der Waals surface area contributed by atoms with Gasteiger partial charge in [-0.05, 0) is 19.4 Å². The summed E-state index contributed by atoms with van der Waals surface area (Å²) >= 11 is 0. The molecule has 0 saturated heterocycles. The Morgan fingerprint density at radius 3 is 2.71 bits per heavy atom. The maximum Gasteiger partial charge on any atom is 0.0745 e. The number of para-hydroxylation sites is 1. The lowest BCUT2D eigenvalue weighted by Gasteiger charge is -2.25. The van der Waals surface area contributed by atoms with Gasteiger partial charge in [0.15, 0.2) is 0 Å². The number of hydrogen-bond acceptors (Lipinski definition) is 3. The van der Waals surface area contributed by atoms with Crippen molar-refractivity contribution < 1.29 is 0 Å². The van der Waals surface area contributed by atoms with E-state index in [1.807, 2.05) is 18.2 Å².